The van der Waals surface area contributed by atoms with Crippen LogP contribution < -0.4 is 0 Å². The highest BCUT2D eigenvalue weighted by atomic mass is 32.1. The molecule has 88 valence electrons. The second kappa shape index (κ2) is 5.56. The Morgan fingerprint density at radius 3 is 2.82 bits per heavy atom. The van der Waals surface area contributed by atoms with Crippen LogP contribution in [-0.4, -0.2) is 16.1 Å². The van der Waals surface area contributed by atoms with Crippen LogP contribution in [0, 0.1) is 0 Å². The van der Waals surface area contributed by atoms with Crippen LogP contribution in [0.1, 0.15) is 20.2 Å². The SMILES string of the molecule is O=C(O)c1ccc(COCc2ccccn2)s1. The second-order valence-corrected chi connectivity index (χ2v) is 4.55. The highest BCUT2D eigenvalue weighted by Gasteiger charge is 2.06. The van der Waals surface area contributed by atoms with Gasteiger partial charge in [-0.2, -0.15) is 0 Å². The molecule has 2 heterocycles. The Kier molecular flexibility index (Phi) is 3.85. The zero-order valence-electron chi connectivity index (χ0n) is 9.00. The first-order valence-corrected chi connectivity index (χ1v) is 5.87. The van der Waals surface area contributed by atoms with E-state index in [9.17, 15) is 4.79 Å². The van der Waals surface area contributed by atoms with Gasteiger partial charge in [-0.05, 0) is 24.3 Å². The minimum absolute atomic E-state index is 0.335. The van der Waals surface area contributed by atoms with Crippen LogP contribution >= 0.6 is 11.3 Å². The summed E-state index contributed by atoms with van der Waals surface area (Å²) in [6.45, 7) is 0.843. The molecule has 0 saturated carbocycles. The van der Waals surface area contributed by atoms with E-state index in [2.05, 4.69) is 4.98 Å². The van der Waals surface area contributed by atoms with Crippen molar-refractivity contribution < 1.29 is 14.6 Å². The van der Waals surface area contributed by atoms with Crippen molar-refractivity contribution in [3.05, 3.63) is 52.0 Å². The lowest BCUT2D eigenvalue weighted by Crippen LogP contribution is -1.94. The summed E-state index contributed by atoms with van der Waals surface area (Å²) in [7, 11) is 0. The summed E-state index contributed by atoms with van der Waals surface area (Å²) in [5.41, 5.74) is 0.863. The number of carbonyl (C=O) groups is 1. The number of aromatic nitrogens is 1. The largest absolute Gasteiger partial charge is 0.477 e. The van der Waals surface area contributed by atoms with E-state index in [-0.39, 0.29) is 0 Å². The van der Waals surface area contributed by atoms with Crippen molar-refractivity contribution in [2.45, 2.75) is 13.2 Å². The molecular weight excluding hydrogens is 238 g/mol. The number of rotatable bonds is 5. The van der Waals surface area contributed by atoms with Crippen molar-refractivity contribution in [2.24, 2.45) is 0 Å². The molecule has 0 spiro atoms. The summed E-state index contributed by atoms with van der Waals surface area (Å²) >= 11 is 1.23. The number of aromatic carboxylic acids is 1. The Morgan fingerprint density at radius 2 is 2.18 bits per heavy atom. The van der Waals surface area contributed by atoms with Crippen LogP contribution in [0.15, 0.2) is 36.5 Å². The van der Waals surface area contributed by atoms with Crippen LogP contribution in [0.4, 0.5) is 0 Å². The standard InChI is InChI=1S/C12H11NO3S/c14-12(15)11-5-4-10(17-11)8-16-7-9-3-1-2-6-13-9/h1-6H,7-8H2,(H,14,15). The van der Waals surface area contributed by atoms with Crippen molar-refractivity contribution in [2.75, 3.05) is 0 Å². The number of carboxylic acid groups (broad SMARTS) is 1. The topological polar surface area (TPSA) is 59.4 Å². The summed E-state index contributed by atoms with van der Waals surface area (Å²) in [6.07, 6.45) is 1.71. The fraction of sp³-hybridized carbons (Fsp3) is 0.167. The third-order valence-electron chi connectivity index (χ3n) is 2.09. The Bertz CT molecular complexity index is 495. The van der Waals surface area contributed by atoms with Gasteiger partial charge in [-0.15, -0.1) is 11.3 Å². The number of thiophene rings is 1. The molecule has 0 atom stereocenters. The smallest absolute Gasteiger partial charge is 0.345 e. The van der Waals surface area contributed by atoms with E-state index in [0.717, 1.165) is 10.6 Å². The molecule has 4 nitrogen and oxygen atoms in total. The van der Waals surface area contributed by atoms with E-state index in [1.165, 1.54) is 11.3 Å². The highest BCUT2D eigenvalue weighted by Crippen LogP contribution is 2.17. The number of pyridine rings is 1. The van der Waals surface area contributed by atoms with Crippen LogP contribution in [0.2, 0.25) is 0 Å². The van der Waals surface area contributed by atoms with Crippen LogP contribution in [0.25, 0.3) is 0 Å². The van der Waals surface area contributed by atoms with E-state index in [1.54, 1.807) is 18.3 Å². The number of nitrogens with zero attached hydrogens (tertiary/aromatic N) is 1. The first kappa shape index (κ1) is 11.8. The molecule has 0 radical (unpaired) electrons. The van der Waals surface area contributed by atoms with Crippen molar-refractivity contribution >= 4 is 17.3 Å². The molecular formula is C12H11NO3S. The number of carboxylic acids is 1. The maximum atomic E-state index is 10.7. The lowest BCUT2D eigenvalue weighted by molar-refractivity contribution is 0.0702. The molecule has 1 N–H and O–H groups in total. The van der Waals surface area contributed by atoms with Gasteiger partial charge in [-0.1, -0.05) is 6.07 Å². The summed E-state index contributed by atoms with van der Waals surface area (Å²) in [5.74, 6) is -0.897. The Labute approximate surface area is 103 Å². The maximum absolute atomic E-state index is 10.7. The number of hydrogen-bond donors (Lipinski definition) is 1. The molecule has 0 fully saturated rings. The molecule has 0 saturated heterocycles. The Hall–Kier alpha value is -1.72. The zero-order valence-corrected chi connectivity index (χ0v) is 9.81. The molecule has 0 aromatic carbocycles. The first-order valence-electron chi connectivity index (χ1n) is 5.05. The summed E-state index contributed by atoms with van der Waals surface area (Å²) < 4.78 is 5.45. The molecule has 0 bridgehead atoms. The van der Waals surface area contributed by atoms with Gasteiger partial charge in [-0.3, -0.25) is 4.98 Å². The normalized spacial score (nSPS) is 10.4. The monoisotopic (exact) mass is 249 g/mol. The number of hydrogen-bond acceptors (Lipinski definition) is 4. The maximum Gasteiger partial charge on any atom is 0.345 e. The van der Waals surface area contributed by atoms with Gasteiger partial charge in [0.25, 0.3) is 0 Å². The van der Waals surface area contributed by atoms with Gasteiger partial charge in [0.15, 0.2) is 0 Å². The van der Waals surface area contributed by atoms with Gasteiger partial charge in [0.1, 0.15) is 4.88 Å². The molecule has 0 aliphatic rings. The quantitative estimate of drug-likeness (QED) is 0.884. The predicted octanol–water partition coefficient (Wildman–Crippen LogP) is 2.56. The van der Waals surface area contributed by atoms with Gasteiger partial charge in [0, 0.05) is 11.1 Å². The Morgan fingerprint density at radius 1 is 1.29 bits per heavy atom. The lowest BCUT2D eigenvalue weighted by atomic mass is 10.4. The van der Waals surface area contributed by atoms with Gasteiger partial charge in [-0.25, -0.2) is 4.79 Å². The minimum atomic E-state index is -0.897. The van der Waals surface area contributed by atoms with Gasteiger partial charge in [0.2, 0.25) is 0 Å². The molecule has 17 heavy (non-hydrogen) atoms. The molecule has 2 aromatic rings. The van der Waals surface area contributed by atoms with Crippen molar-refractivity contribution in [1.29, 1.82) is 0 Å². The highest BCUT2D eigenvalue weighted by molar-refractivity contribution is 7.13. The van der Waals surface area contributed by atoms with Crippen LogP contribution in [0.3, 0.4) is 0 Å². The fourth-order valence-corrected chi connectivity index (χ4v) is 2.09. The molecule has 0 aliphatic heterocycles. The third-order valence-corrected chi connectivity index (χ3v) is 3.14. The van der Waals surface area contributed by atoms with Crippen molar-refractivity contribution in [1.82, 2.24) is 4.98 Å². The fourth-order valence-electron chi connectivity index (χ4n) is 1.31. The van der Waals surface area contributed by atoms with Crippen molar-refractivity contribution in [3.63, 3.8) is 0 Å². The van der Waals surface area contributed by atoms with E-state index in [0.29, 0.717) is 18.1 Å². The average Bonchev–Trinajstić information content (AvgIpc) is 2.79. The van der Waals surface area contributed by atoms with Crippen LogP contribution in [0.5, 0.6) is 0 Å². The second-order valence-electron chi connectivity index (χ2n) is 3.38. The predicted molar refractivity (Wildman–Crippen MR) is 64.0 cm³/mol. The average molecular weight is 249 g/mol. The molecule has 2 rings (SSSR count). The molecule has 0 amide bonds. The lowest BCUT2D eigenvalue weighted by Gasteiger charge is -2.01. The van der Waals surface area contributed by atoms with E-state index >= 15 is 0 Å². The van der Waals surface area contributed by atoms with E-state index in [1.807, 2.05) is 18.2 Å². The van der Waals surface area contributed by atoms with E-state index in [4.69, 9.17) is 9.84 Å². The van der Waals surface area contributed by atoms with E-state index < -0.39 is 5.97 Å². The first-order chi connectivity index (χ1) is 8.25. The summed E-state index contributed by atoms with van der Waals surface area (Å²) in [4.78, 5) is 16.0. The third kappa shape index (κ3) is 3.37. The van der Waals surface area contributed by atoms with Crippen molar-refractivity contribution in [3.8, 4) is 0 Å². The summed E-state index contributed by atoms with van der Waals surface area (Å²) in [6, 6.07) is 9.00. The molecule has 0 aliphatic carbocycles. The van der Waals surface area contributed by atoms with Gasteiger partial charge >= 0.3 is 5.97 Å². The minimum Gasteiger partial charge on any atom is -0.477 e. The molecule has 0 unspecified atom stereocenters. The van der Waals surface area contributed by atoms with Gasteiger partial charge < -0.3 is 9.84 Å². The van der Waals surface area contributed by atoms with Crippen LogP contribution in [-0.2, 0) is 18.0 Å². The Balaban J connectivity index is 1.84. The van der Waals surface area contributed by atoms with Gasteiger partial charge in [0.05, 0.1) is 18.9 Å². The molecule has 5 heteroatoms. The molecule has 2 aromatic heterocycles. The number of ether oxygens (including phenoxy) is 1. The zero-order chi connectivity index (χ0) is 12.1. The summed E-state index contributed by atoms with van der Waals surface area (Å²) in [5, 5.41) is 8.76.